The standard InChI is InChI=1S/C31H50N4O7Si2/c1-20(36)32-15-16-38-21-13-12-14-22-27(21)33-28-24(40-22)18-35(29(37)34-28)26-17-23(42-44(10,11)31(5,6)7)25(41-26)19-39-43(8,9)30(2,3)4/h12-14,18,23,25-26H,15-17,19H2,1-11H3,(H,32,36)(H,33,34,37)/t23-,25+,26+/m0/s1. The molecule has 0 bridgehead atoms. The molecule has 0 radical (unpaired) electrons. The van der Waals surface area contributed by atoms with Gasteiger partial charge in [-0.25, -0.2) is 4.79 Å². The Bertz CT molecular complexity index is 1420. The van der Waals surface area contributed by atoms with Crippen molar-refractivity contribution in [1.29, 1.82) is 0 Å². The predicted molar refractivity (Wildman–Crippen MR) is 176 cm³/mol. The number of para-hydroxylation sites is 1. The lowest BCUT2D eigenvalue weighted by Crippen LogP contribution is -2.48. The van der Waals surface area contributed by atoms with Crippen LogP contribution in [-0.2, 0) is 18.4 Å². The van der Waals surface area contributed by atoms with Gasteiger partial charge in [-0.1, -0.05) is 47.6 Å². The summed E-state index contributed by atoms with van der Waals surface area (Å²) in [4.78, 5) is 28.9. The third kappa shape index (κ3) is 7.56. The van der Waals surface area contributed by atoms with E-state index < -0.39 is 28.6 Å². The molecule has 1 aromatic heterocycles. The van der Waals surface area contributed by atoms with E-state index in [-0.39, 0.29) is 34.8 Å². The number of nitrogens with one attached hydrogen (secondary N) is 2. The zero-order valence-corrected chi connectivity index (χ0v) is 30.1. The first-order valence-corrected chi connectivity index (χ1v) is 21.2. The number of ether oxygens (including phenoxy) is 3. The van der Waals surface area contributed by atoms with Gasteiger partial charge in [0.15, 0.2) is 34.0 Å². The zero-order chi connectivity index (χ0) is 32.7. The summed E-state index contributed by atoms with van der Waals surface area (Å²) in [7, 11) is -4.19. The van der Waals surface area contributed by atoms with Gasteiger partial charge in [0.25, 0.3) is 0 Å². The molecular weight excluding hydrogens is 597 g/mol. The summed E-state index contributed by atoms with van der Waals surface area (Å²) in [6, 6.07) is 5.42. The van der Waals surface area contributed by atoms with Crippen LogP contribution in [0.4, 0.5) is 11.5 Å². The molecule has 0 saturated carbocycles. The molecule has 1 saturated heterocycles. The van der Waals surface area contributed by atoms with Gasteiger partial charge in [0.05, 0.1) is 25.5 Å². The maximum atomic E-state index is 13.4. The minimum Gasteiger partial charge on any atom is -0.489 e. The number of anilines is 2. The van der Waals surface area contributed by atoms with Crippen molar-refractivity contribution in [3.63, 3.8) is 0 Å². The highest BCUT2D eigenvalue weighted by Crippen LogP contribution is 2.46. The molecule has 2 N–H and O–H groups in total. The summed E-state index contributed by atoms with van der Waals surface area (Å²) >= 11 is 0. The molecular formula is C31H50N4O7Si2. The molecule has 244 valence electrons. The molecule has 11 nitrogen and oxygen atoms in total. The number of carbonyl (C=O) groups excluding carboxylic acids is 1. The molecule has 1 aromatic carbocycles. The quantitative estimate of drug-likeness (QED) is 0.193. The van der Waals surface area contributed by atoms with Gasteiger partial charge >= 0.3 is 5.69 Å². The van der Waals surface area contributed by atoms with Crippen LogP contribution in [0.2, 0.25) is 36.3 Å². The number of benzene rings is 1. The van der Waals surface area contributed by atoms with Crippen molar-refractivity contribution in [3.05, 3.63) is 34.9 Å². The Balaban J connectivity index is 1.56. The van der Waals surface area contributed by atoms with Crippen LogP contribution in [-0.4, -0.2) is 64.1 Å². The predicted octanol–water partition coefficient (Wildman–Crippen LogP) is 6.31. The minimum absolute atomic E-state index is 0.0134. The van der Waals surface area contributed by atoms with Crippen LogP contribution >= 0.6 is 0 Å². The highest BCUT2D eigenvalue weighted by atomic mass is 28.4. The molecule has 0 spiro atoms. The number of hydrogen-bond donors (Lipinski definition) is 2. The van der Waals surface area contributed by atoms with Gasteiger partial charge in [0, 0.05) is 13.3 Å². The van der Waals surface area contributed by atoms with E-state index in [0.29, 0.717) is 48.3 Å². The molecule has 3 atom stereocenters. The zero-order valence-electron chi connectivity index (χ0n) is 28.1. The van der Waals surface area contributed by atoms with Crippen LogP contribution in [0.15, 0.2) is 29.2 Å². The maximum Gasteiger partial charge on any atom is 0.351 e. The van der Waals surface area contributed by atoms with Crippen molar-refractivity contribution < 1.29 is 27.9 Å². The Morgan fingerprint density at radius 2 is 1.77 bits per heavy atom. The second kappa shape index (κ2) is 12.6. The topological polar surface area (TPSA) is 122 Å². The second-order valence-electron chi connectivity index (χ2n) is 14.7. The molecule has 13 heteroatoms. The van der Waals surface area contributed by atoms with E-state index in [1.54, 1.807) is 12.3 Å². The molecule has 4 rings (SSSR count). The minimum atomic E-state index is -2.15. The number of aromatic nitrogens is 2. The first kappa shape index (κ1) is 34.2. The van der Waals surface area contributed by atoms with Crippen LogP contribution in [0.25, 0.3) is 0 Å². The van der Waals surface area contributed by atoms with Gasteiger partial charge < -0.3 is 33.7 Å². The van der Waals surface area contributed by atoms with Crippen LogP contribution in [0, 0.1) is 0 Å². The largest absolute Gasteiger partial charge is 0.489 e. The van der Waals surface area contributed by atoms with E-state index in [2.05, 4.69) is 83.3 Å². The van der Waals surface area contributed by atoms with E-state index >= 15 is 0 Å². The second-order valence-corrected chi connectivity index (χ2v) is 24.2. The fourth-order valence-electron chi connectivity index (χ4n) is 4.49. The summed E-state index contributed by atoms with van der Waals surface area (Å²) < 4.78 is 33.6. The van der Waals surface area contributed by atoms with Gasteiger partial charge in [-0.15, -0.1) is 0 Å². The molecule has 1 amide bonds. The molecule has 2 aliphatic rings. The Kier molecular flexibility index (Phi) is 9.77. The number of rotatable bonds is 10. The third-order valence-corrected chi connectivity index (χ3v) is 18.3. The monoisotopic (exact) mass is 646 g/mol. The lowest BCUT2D eigenvalue weighted by molar-refractivity contribution is -0.119. The number of nitrogens with zero attached hydrogens (tertiary/aromatic N) is 2. The van der Waals surface area contributed by atoms with Gasteiger partial charge in [-0.2, -0.15) is 4.98 Å². The Hall–Kier alpha value is -2.72. The van der Waals surface area contributed by atoms with Gasteiger partial charge in [0.1, 0.15) is 30.4 Å². The maximum absolute atomic E-state index is 13.4. The number of fused-ring (bicyclic) bond motifs is 2. The van der Waals surface area contributed by atoms with Crippen LogP contribution in [0.1, 0.15) is 61.1 Å². The van der Waals surface area contributed by atoms with Crippen molar-refractivity contribution in [2.45, 2.75) is 110 Å². The summed E-state index contributed by atoms with van der Waals surface area (Å²) in [5.41, 5.74) is 0.102. The van der Waals surface area contributed by atoms with E-state index in [9.17, 15) is 9.59 Å². The molecule has 0 unspecified atom stereocenters. The number of hydrogen-bond acceptors (Lipinski definition) is 9. The van der Waals surface area contributed by atoms with Crippen molar-refractivity contribution in [3.8, 4) is 17.2 Å². The molecule has 0 aliphatic carbocycles. The summed E-state index contributed by atoms with van der Waals surface area (Å²) in [6.07, 6.45) is 0.996. The van der Waals surface area contributed by atoms with Crippen LogP contribution < -0.4 is 25.8 Å². The highest BCUT2D eigenvalue weighted by molar-refractivity contribution is 6.74. The van der Waals surface area contributed by atoms with Crippen molar-refractivity contribution in [2.75, 3.05) is 25.1 Å². The van der Waals surface area contributed by atoms with Crippen molar-refractivity contribution in [1.82, 2.24) is 14.9 Å². The normalized spacial score (nSPS) is 20.3. The third-order valence-electron chi connectivity index (χ3n) is 9.26. The lowest BCUT2D eigenvalue weighted by Gasteiger charge is -2.40. The first-order valence-electron chi connectivity index (χ1n) is 15.3. The lowest BCUT2D eigenvalue weighted by atomic mass is 10.2. The number of carbonyl (C=O) groups is 1. The average molecular weight is 647 g/mol. The van der Waals surface area contributed by atoms with Crippen molar-refractivity contribution >= 4 is 34.0 Å². The van der Waals surface area contributed by atoms with E-state index in [4.69, 9.17) is 23.1 Å². The Morgan fingerprint density at radius 3 is 2.41 bits per heavy atom. The van der Waals surface area contributed by atoms with E-state index in [1.807, 2.05) is 12.1 Å². The Labute approximate surface area is 263 Å². The average Bonchev–Trinajstić information content (AvgIpc) is 3.28. The fraction of sp³-hybridized carbons (Fsp3) is 0.645. The summed E-state index contributed by atoms with van der Waals surface area (Å²) in [5, 5.41) is 5.97. The molecule has 1 fully saturated rings. The van der Waals surface area contributed by atoms with Crippen LogP contribution in [0.5, 0.6) is 17.2 Å². The van der Waals surface area contributed by atoms with E-state index in [1.165, 1.54) is 11.5 Å². The highest BCUT2D eigenvalue weighted by Gasteiger charge is 2.47. The fourth-order valence-corrected chi connectivity index (χ4v) is 6.87. The van der Waals surface area contributed by atoms with Crippen molar-refractivity contribution in [2.24, 2.45) is 0 Å². The molecule has 44 heavy (non-hydrogen) atoms. The smallest absolute Gasteiger partial charge is 0.351 e. The van der Waals surface area contributed by atoms with E-state index in [0.717, 1.165) is 0 Å². The first-order chi connectivity index (χ1) is 20.3. The van der Waals surface area contributed by atoms with Gasteiger partial charge in [-0.05, 0) is 48.4 Å². The van der Waals surface area contributed by atoms with Crippen LogP contribution in [0.3, 0.4) is 0 Å². The Morgan fingerprint density at radius 1 is 1.09 bits per heavy atom. The molecule has 2 aromatic rings. The number of amides is 1. The molecule has 3 heterocycles. The SMILES string of the molecule is CC(=O)NCCOc1cccc2c1Nc1nc(=O)n([C@H]3C[C@H](O[Si](C)(C)C(C)(C)C)[C@@H](CO[Si](C)(C)C(C)(C)C)O3)cc1O2. The molecule has 2 aliphatic heterocycles. The summed E-state index contributed by atoms with van der Waals surface area (Å²) in [6.45, 7) is 24.7. The van der Waals surface area contributed by atoms with Gasteiger partial charge in [0.2, 0.25) is 5.91 Å². The van der Waals surface area contributed by atoms with Gasteiger partial charge in [-0.3, -0.25) is 9.36 Å². The summed E-state index contributed by atoms with van der Waals surface area (Å²) in [5.74, 6) is 1.63.